The second-order valence-electron chi connectivity index (χ2n) is 4.54. The van der Waals surface area contributed by atoms with Crippen LogP contribution in [0.2, 0.25) is 0 Å². The summed E-state index contributed by atoms with van der Waals surface area (Å²) in [7, 11) is 0. The van der Waals surface area contributed by atoms with Gasteiger partial charge in [-0.05, 0) is 6.07 Å². The molecule has 0 atom stereocenters. The third-order valence-electron chi connectivity index (χ3n) is 2.97. The van der Waals surface area contributed by atoms with Crippen LogP contribution in [-0.4, -0.2) is 43.9 Å². The van der Waals surface area contributed by atoms with Crippen molar-refractivity contribution in [2.45, 2.75) is 12.7 Å². The molecule has 1 saturated heterocycles. The van der Waals surface area contributed by atoms with Crippen molar-refractivity contribution < 1.29 is 17.9 Å². The number of ether oxygens (including phenoxy) is 1. The highest BCUT2D eigenvalue weighted by Crippen LogP contribution is 2.23. The van der Waals surface area contributed by atoms with E-state index in [4.69, 9.17) is 4.74 Å². The number of halogens is 4. The summed E-state index contributed by atoms with van der Waals surface area (Å²) in [6.07, 6.45) is -4.30. The molecular weight excluding hydrogens is 293 g/mol. The van der Waals surface area contributed by atoms with E-state index >= 15 is 0 Å². The fraction of sp³-hybridized carbons (Fsp3) is 0.538. The number of benzene rings is 1. The summed E-state index contributed by atoms with van der Waals surface area (Å²) in [6.45, 7) is 2.99. The Bertz CT molecular complexity index is 409. The molecule has 1 aliphatic heterocycles. The van der Waals surface area contributed by atoms with Gasteiger partial charge in [0.05, 0.1) is 0 Å². The van der Waals surface area contributed by atoms with Crippen molar-refractivity contribution in [3.63, 3.8) is 0 Å². The van der Waals surface area contributed by atoms with Crippen LogP contribution in [0.25, 0.3) is 0 Å². The van der Waals surface area contributed by atoms with Crippen molar-refractivity contribution in [3.8, 4) is 5.75 Å². The predicted octanol–water partition coefficient (Wildman–Crippen LogP) is 2.45. The molecule has 2 rings (SSSR count). The van der Waals surface area contributed by atoms with E-state index in [0.717, 1.165) is 31.7 Å². The quantitative estimate of drug-likeness (QED) is 0.924. The highest BCUT2D eigenvalue weighted by atomic mass is 35.5. The highest BCUT2D eigenvalue weighted by Gasteiger charge is 2.28. The monoisotopic (exact) mass is 310 g/mol. The highest BCUT2D eigenvalue weighted by molar-refractivity contribution is 5.85. The Morgan fingerprint density at radius 2 is 1.80 bits per heavy atom. The van der Waals surface area contributed by atoms with Crippen LogP contribution >= 0.6 is 12.4 Å². The van der Waals surface area contributed by atoms with Crippen LogP contribution in [0.4, 0.5) is 13.2 Å². The molecule has 0 unspecified atom stereocenters. The smallest absolute Gasteiger partial charge is 0.422 e. The van der Waals surface area contributed by atoms with E-state index in [1.54, 1.807) is 12.1 Å². The minimum Gasteiger partial charge on any atom is -0.484 e. The van der Waals surface area contributed by atoms with Gasteiger partial charge in [-0.2, -0.15) is 13.2 Å². The Morgan fingerprint density at radius 3 is 2.45 bits per heavy atom. The average molecular weight is 311 g/mol. The first kappa shape index (κ1) is 17.1. The normalized spacial score (nSPS) is 16.6. The summed E-state index contributed by atoms with van der Waals surface area (Å²) >= 11 is 0. The first-order valence-electron chi connectivity index (χ1n) is 6.25. The molecule has 0 saturated carbocycles. The number of hydrogen-bond acceptors (Lipinski definition) is 3. The number of nitrogens with zero attached hydrogens (tertiary/aromatic N) is 1. The van der Waals surface area contributed by atoms with Gasteiger partial charge in [0.2, 0.25) is 0 Å². The summed E-state index contributed by atoms with van der Waals surface area (Å²) < 4.78 is 41.4. The maximum absolute atomic E-state index is 12.2. The molecule has 1 fully saturated rings. The van der Waals surface area contributed by atoms with Crippen LogP contribution in [0.5, 0.6) is 5.75 Å². The lowest BCUT2D eigenvalue weighted by Crippen LogP contribution is -2.42. The molecule has 1 aliphatic rings. The third-order valence-corrected chi connectivity index (χ3v) is 2.97. The van der Waals surface area contributed by atoms with Crippen LogP contribution in [0.1, 0.15) is 5.56 Å². The average Bonchev–Trinajstić information content (AvgIpc) is 2.38. The van der Waals surface area contributed by atoms with Gasteiger partial charge >= 0.3 is 6.18 Å². The van der Waals surface area contributed by atoms with Gasteiger partial charge in [0.15, 0.2) is 6.61 Å². The van der Waals surface area contributed by atoms with Crippen molar-refractivity contribution in [2.75, 3.05) is 32.8 Å². The van der Waals surface area contributed by atoms with E-state index in [0.29, 0.717) is 12.3 Å². The van der Waals surface area contributed by atoms with Gasteiger partial charge in [0, 0.05) is 38.3 Å². The van der Waals surface area contributed by atoms with Gasteiger partial charge in [-0.3, -0.25) is 4.90 Å². The number of piperazine rings is 1. The zero-order valence-corrected chi connectivity index (χ0v) is 11.8. The molecule has 0 radical (unpaired) electrons. The zero-order valence-electron chi connectivity index (χ0n) is 10.9. The molecule has 0 amide bonds. The molecule has 1 heterocycles. The molecule has 114 valence electrons. The van der Waals surface area contributed by atoms with Crippen LogP contribution in [0.15, 0.2) is 24.3 Å². The van der Waals surface area contributed by atoms with Crippen LogP contribution in [0, 0.1) is 0 Å². The number of hydrogen-bond donors (Lipinski definition) is 1. The Morgan fingerprint density at radius 1 is 1.15 bits per heavy atom. The van der Waals surface area contributed by atoms with E-state index in [9.17, 15) is 13.2 Å². The molecule has 0 aromatic heterocycles. The number of alkyl halides is 3. The zero-order chi connectivity index (χ0) is 13.7. The van der Waals surface area contributed by atoms with Gasteiger partial charge in [-0.25, -0.2) is 0 Å². The number of rotatable bonds is 4. The summed E-state index contributed by atoms with van der Waals surface area (Å²) in [4.78, 5) is 2.20. The SMILES string of the molecule is Cl.FC(F)(F)COc1ccccc1CN1CCNCC1. The van der Waals surface area contributed by atoms with Gasteiger partial charge in [-0.15, -0.1) is 12.4 Å². The van der Waals surface area contributed by atoms with E-state index in [-0.39, 0.29) is 12.4 Å². The lowest BCUT2D eigenvalue weighted by Gasteiger charge is -2.27. The number of nitrogens with one attached hydrogen (secondary N) is 1. The Balaban J connectivity index is 0.00000200. The molecular formula is C13H18ClF3N2O. The largest absolute Gasteiger partial charge is 0.484 e. The number of para-hydroxylation sites is 1. The maximum atomic E-state index is 12.2. The van der Waals surface area contributed by atoms with Crippen molar-refractivity contribution in [3.05, 3.63) is 29.8 Å². The molecule has 20 heavy (non-hydrogen) atoms. The summed E-state index contributed by atoms with van der Waals surface area (Å²) in [5.41, 5.74) is 0.800. The van der Waals surface area contributed by atoms with Crippen molar-refractivity contribution in [2.24, 2.45) is 0 Å². The van der Waals surface area contributed by atoms with Gasteiger partial charge < -0.3 is 10.1 Å². The molecule has 0 spiro atoms. The lowest BCUT2D eigenvalue weighted by atomic mass is 10.2. The minimum atomic E-state index is -4.30. The molecule has 1 N–H and O–H groups in total. The topological polar surface area (TPSA) is 24.5 Å². The summed E-state index contributed by atoms with van der Waals surface area (Å²) in [5.74, 6) is 0.318. The molecule has 3 nitrogen and oxygen atoms in total. The lowest BCUT2D eigenvalue weighted by molar-refractivity contribution is -0.153. The van der Waals surface area contributed by atoms with E-state index in [2.05, 4.69) is 10.2 Å². The molecule has 7 heteroatoms. The molecule has 0 bridgehead atoms. The first-order valence-corrected chi connectivity index (χ1v) is 6.25. The van der Waals surface area contributed by atoms with E-state index < -0.39 is 12.8 Å². The van der Waals surface area contributed by atoms with Crippen LogP contribution < -0.4 is 10.1 Å². The van der Waals surface area contributed by atoms with Gasteiger partial charge in [0.1, 0.15) is 5.75 Å². The summed E-state index contributed by atoms with van der Waals surface area (Å²) in [6, 6.07) is 6.90. The second kappa shape index (κ2) is 7.71. The Kier molecular flexibility index (Phi) is 6.58. The van der Waals surface area contributed by atoms with Crippen LogP contribution in [-0.2, 0) is 6.54 Å². The van der Waals surface area contributed by atoms with Crippen molar-refractivity contribution in [1.29, 1.82) is 0 Å². The van der Waals surface area contributed by atoms with Gasteiger partial charge in [-0.1, -0.05) is 18.2 Å². The van der Waals surface area contributed by atoms with Gasteiger partial charge in [0.25, 0.3) is 0 Å². The molecule has 1 aromatic rings. The fourth-order valence-corrected chi connectivity index (χ4v) is 2.05. The summed E-state index contributed by atoms with van der Waals surface area (Å²) in [5, 5.41) is 3.24. The van der Waals surface area contributed by atoms with E-state index in [1.165, 1.54) is 0 Å². The third kappa shape index (κ3) is 5.56. The van der Waals surface area contributed by atoms with Crippen molar-refractivity contribution >= 4 is 12.4 Å². The molecule has 0 aliphatic carbocycles. The second-order valence-corrected chi connectivity index (χ2v) is 4.54. The first-order chi connectivity index (χ1) is 9.04. The standard InChI is InChI=1S/C13H17F3N2O.ClH/c14-13(15,16)10-19-12-4-2-1-3-11(12)9-18-7-5-17-6-8-18;/h1-4,17H,5-10H2;1H. The Labute approximate surface area is 122 Å². The maximum Gasteiger partial charge on any atom is 0.422 e. The minimum absolute atomic E-state index is 0. The fourth-order valence-electron chi connectivity index (χ4n) is 2.05. The Hall–Kier alpha value is -0.980. The predicted molar refractivity (Wildman–Crippen MR) is 73.4 cm³/mol. The van der Waals surface area contributed by atoms with Crippen molar-refractivity contribution in [1.82, 2.24) is 10.2 Å². The van der Waals surface area contributed by atoms with Crippen LogP contribution in [0.3, 0.4) is 0 Å². The molecule has 1 aromatic carbocycles. The van der Waals surface area contributed by atoms with E-state index in [1.807, 2.05) is 12.1 Å².